The van der Waals surface area contributed by atoms with Gasteiger partial charge in [0.05, 0.1) is 18.2 Å². The molecule has 2 fully saturated rings. The zero-order valence-electron chi connectivity index (χ0n) is 15.0. The molecule has 4 atom stereocenters. The third-order valence-corrected chi connectivity index (χ3v) is 5.65. The molecule has 2 aromatic rings. The number of aliphatic carboxylic acids is 1. The number of carbonyl (C=O) groups is 1. The van der Waals surface area contributed by atoms with Crippen LogP contribution in [-0.4, -0.2) is 29.4 Å². The number of aromatic nitrogens is 1. The summed E-state index contributed by atoms with van der Waals surface area (Å²) in [6, 6.07) is 7.70. The van der Waals surface area contributed by atoms with Gasteiger partial charge in [0.25, 0.3) is 0 Å². The number of fused-ring (bicyclic) bond motifs is 1. The van der Waals surface area contributed by atoms with E-state index >= 15 is 0 Å². The fourth-order valence-corrected chi connectivity index (χ4v) is 4.30. The van der Waals surface area contributed by atoms with E-state index in [0.29, 0.717) is 18.3 Å². The number of ether oxygens (including phenoxy) is 2. The smallest absolute Gasteiger partial charge is 0.307 e. The molecule has 138 valence electrons. The van der Waals surface area contributed by atoms with Crippen LogP contribution in [0, 0.1) is 24.7 Å². The van der Waals surface area contributed by atoms with Gasteiger partial charge in [-0.15, -0.1) is 0 Å². The van der Waals surface area contributed by atoms with Crippen molar-refractivity contribution in [3.05, 3.63) is 35.5 Å². The molecule has 26 heavy (non-hydrogen) atoms. The van der Waals surface area contributed by atoms with Gasteiger partial charge in [0.1, 0.15) is 11.9 Å². The summed E-state index contributed by atoms with van der Waals surface area (Å²) in [5.74, 6) is 1.01. The Bertz CT molecular complexity index is 797. The molecule has 0 saturated heterocycles. The van der Waals surface area contributed by atoms with Gasteiger partial charge in [0, 0.05) is 24.2 Å². The molecule has 0 amide bonds. The molecular formula is C20H23NO5. The number of aryl methyl sites for hydroxylation is 1. The minimum absolute atomic E-state index is 0.00252. The van der Waals surface area contributed by atoms with Crippen molar-refractivity contribution < 1.29 is 23.9 Å². The number of hydrogen-bond acceptors (Lipinski definition) is 5. The van der Waals surface area contributed by atoms with Crippen molar-refractivity contribution in [2.75, 3.05) is 7.11 Å². The Kier molecular flexibility index (Phi) is 4.44. The molecule has 1 aromatic carbocycles. The Morgan fingerprint density at radius 1 is 1.31 bits per heavy atom. The number of rotatable bonds is 6. The predicted octanol–water partition coefficient (Wildman–Crippen LogP) is 3.67. The van der Waals surface area contributed by atoms with Crippen LogP contribution in [0.3, 0.4) is 0 Å². The van der Waals surface area contributed by atoms with Crippen molar-refractivity contribution in [1.82, 2.24) is 5.16 Å². The van der Waals surface area contributed by atoms with Gasteiger partial charge in [-0.3, -0.25) is 4.79 Å². The van der Waals surface area contributed by atoms with Gasteiger partial charge in [0.15, 0.2) is 5.76 Å². The van der Waals surface area contributed by atoms with Crippen LogP contribution in [0.25, 0.3) is 11.3 Å². The monoisotopic (exact) mass is 357 g/mol. The summed E-state index contributed by atoms with van der Waals surface area (Å²) in [7, 11) is 1.65. The van der Waals surface area contributed by atoms with Crippen molar-refractivity contribution in [3.63, 3.8) is 0 Å². The minimum Gasteiger partial charge on any atom is -0.490 e. The van der Waals surface area contributed by atoms with E-state index in [0.717, 1.165) is 41.8 Å². The van der Waals surface area contributed by atoms with Gasteiger partial charge in [-0.25, -0.2) is 0 Å². The quantitative estimate of drug-likeness (QED) is 0.849. The van der Waals surface area contributed by atoms with Crippen LogP contribution >= 0.6 is 0 Å². The van der Waals surface area contributed by atoms with Gasteiger partial charge < -0.3 is 19.1 Å². The van der Waals surface area contributed by atoms with E-state index in [1.165, 1.54) is 0 Å². The first kappa shape index (κ1) is 17.1. The molecule has 2 aliphatic carbocycles. The third kappa shape index (κ3) is 2.98. The topological polar surface area (TPSA) is 81.8 Å². The van der Waals surface area contributed by atoms with Gasteiger partial charge in [-0.2, -0.15) is 0 Å². The zero-order valence-corrected chi connectivity index (χ0v) is 15.0. The Labute approximate surface area is 152 Å². The van der Waals surface area contributed by atoms with Crippen LogP contribution in [0.2, 0.25) is 0 Å². The van der Waals surface area contributed by atoms with Crippen molar-refractivity contribution in [2.24, 2.45) is 17.8 Å². The van der Waals surface area contributed by atoms with Crippen molar-refractivity contribution in [1.29, 1.82) is 0 Å². The number of benzene rings is 1. The molecule has 2 saturated carbocycles. The Morgan fingerprint density at radius 3 is 2.77 bits per heavy atom. The van der Waals surface area contributed by atoms with Crippen molar-refractivity contribution in [3.8, 4) is 17.1 Å². The number of carboxylic acid groups (broad SMARTS) is 1. The highest BCUT2D eigenvalue weighted by molar-refractivity contribution is 5.74. The lowest BCUT2D eigenvalue weighted by molar-refractivity contribution is -0.139. The molecule has 1 heterocycles. The lowest BCUT2D eigenvalue weighted by Gasteiger charge is -2.22. The second-order valence-corrected chi connectivity index (χ2v) is 7.23. The summed E-state index contributed by atoms with van der Waals surface area (Å²) >= 11 is 0. The number of methoxy groups -OCH3 is 1. The maximum Gasteiger partial charge on any atom is 0.307 e. The van der Waals surface area contributed by atoms with Crippen LogP contribution in [0.15, 0.2) is 28.8 Å². The number of hydrogen-bond donors (Lipinski definition) is 1. The molecule has 0 radical (unpaired) electrons. The molecule has 4 rings (SSSR count). The first-order valence-corrected chi connectivity index (χ1v) is 9.04. The van der Waals surface area contributed by atoms with Crippen LogP contribution in [0.4, 0.5) is 0 Å². The standard InChI is InChI=1S/C20H23NO5/c1-11-15(10-24-2)19(26-21-11)12-6-8-13(9-7-12)25-16-5-3-4-14-17(16)18(14)20(22)23/h6-9,14,16-18H,3-5,10H2,1-2H3,(H,22,23). The van der Waals surface area contributed by atoms with Gasteiger partial charge >= 0.3 is 5.97 Å². The van der Waals surface area contributed by atoms with E-state index in [1.54, 1.807) is 7.11 Å². The zero-order chi connectivity index (χ0) is 18.3. The molecule has 1 N–H and O–H groups in total. The first-order chi connectivity index (χ1) is 12.6. The molecular weight excluding hydrogens is 334 g/mol. The fraction of sp³-hybridized carbons (Fsp3) is 0.500. The molecule has 6 nitrogen and oxygen atoms in total. The molecule has 4 unspecified atom stereocenters. The average molecular weight is 357 g/mol. The van der Waals surface area contributed by atoms with Gasteiger partial charge in [-0.1, -0.05) is 5.16 Å². The lowest BCUT2D eigenvalue weighted by Crippen LogP contribution is -2.24. The average Bonchev–Trinajstić information content (AvgIpc) is 3.28. The fourth-order valence-electron chi connectivity index (χ4n) is 4.30. The normalized spacial score (nSPS) is 27.0. The van der Waals surface area contributed by atoms with Gasteiger partial charge in [-0.05, 0) is 56.4 Å². The van der Waals surface area contributed by atoms with E-state index in [9.17, 15) is 9.90 Å². The Balaban J connectivity index is 1.48. The van der Waals surface area contributed by atoms with Crippen LogP contribution in [0.1, 0.15) is 30.5 Å². The summed E-state index contributed by atoms with van der Waals surface area (Å²) in [5.41, 5.74) is 2.68. The molecule has 2 aliphatic rings. The molecule has 6 heteroatoms. The predicted molar refractivity (Wildman–Crippen MR) is 93.8 cm³/mol. The maximum absolute atomic E-state index is 11.3. The Morgan fingerprint density at radius 2 is 2.08 bits per heavy atom. The molecule has 0 aliphatic heterocycles. The largest absolute Gasteiger partial charge is 0.490 e. The van der Waals surface area contributed by atoms with E-state index in [-0.39, 0.29) is 17.9 Å². The summed E-state index contributed by atoms with van der Waals surface area (Å²) in [5, 5.41) is 13.3. The van der Waals surface area contributed by atoms with E-state index in [4.69, 9.17) is 14.0 Å². The number of nitrogens with zero attached hydrogens (tertiary/aromatic N) is 1. The van der Waals surface area contributed by atoms with E-state index in [2.05, 4.69) is 5.16 Å². The third-order valence-electron chi connectivity index (χ3n) is 5.65. The molecule has 1 aromatic heterocycles. The maximum atomic E-state index is 11.3. The molecule has 0 bridgehead atoms. The summed E-state index contributed by atoms with van der Waals surface area (Å²) < 4.78 is 16.8. The SMILES string of the molecule is COCc1c(C)noc1-c1ccc(OC2CCCC3C(C(=O)O)C23)cc1. The second-order valence-electron chi connectivity index (χ2n) is 7.23. The highest BCUT2D eigenvalue weighted by Gasteiger charge is 2.60. The van der Waals surface area contributed by atoms with E-state index in [1.807, 2.05) is 31.2 Å². The molecule has 0 spiro atoms. The van der Waals surface area contributed by atoms with Crippen LogP contribution < -0.4 is 4.74 Å². The summed E-state index contributed by atoms with van der Waals surface area (Å²) in [6.07, 6.45) is 2.96. The van der Waals surface area contributed by atoms with Crippen molar-refractivity contribution >= 4 is 5.97 Å². The minimum atomic E-state index is -0.683. The second kappa shape index (κ2) is 6.76. The summed E-state index contributed by atoms with van der Waals surface area (Å²) in [6.45, 7) is 2.34. The van der Waals surface area contributed by atoms with Gasteiger partial charge in [0.2, 0.25) is 0 Å². The highest BCUT2D eigenvalue weighted by Crippen LogP contribution is 2.56. The van der Waals surface area contributed by atoms with E-state index < -0.39 is 5.97 Å². The first-order valence-electron chi connectivity index (χ1n) is 9.04. The Hall–Kier alpha value is -2.34. The lowest BCUT2D eigenvalue weighted by atomic mass is 9.98. The highest BCUT2D eigenvalue weighted by atomic mass is 16.5. The summed E-state index contributed by atoms with van der Waals surface area (Å²) in [4.78, 5) is 11.3. The van der Waals surface area contributed by atoms with Crippen LogP contribution in [-0.2, 0) is 16.1 Å². The van der Waals surface area contributed by atoms with Crippen LogP contribution in [0.5, 0.6) is 5.75 Å². The van der Waals surface area contributed by atoms with Crippen molar-refractivity contribution in [2.45, 2.75) is 38.9 Å². The number of carboxylic acids is 1.